The minimum atomic E-state index is -0.766. The van der Waals surface area contributed by atoms with Crippen LogP contribution in [0.1, 0.15) is 25.7 Å². The molecule has 1 aromatic heterocycles. The summed E-state index contributed by atoms with van der Waals surface area (Å²) in [4.78, 5) is 26.0. The van der Waals surface area contributed by atoms with Crippen molar-refractivity contribution in [1.29, 1.82) is 0 Å². The second kappa shape index (κ2) is 8.26. The smallest absolute Gasteiger partial charge is 0.416 e. The van der Waals surface area contributed by atoms with Crippen LogP contribution in [0.3, 0.4) is 0 Å². The van der Waals surface area contributed by atoms with Gasteiger partial charge in [0.25, 0.3) is 0 Å². The van der Waals surface area contributed by atoms with Crippen molar-refractivity contribution in [1.82, 2.24) is 5.16 Å². The van der Waals surface area contributed by atoms with E-state index in [-0.39, 0.29) is 42.1 Å². The van der Waals surface area contributed by atoms with Crippen LogP contribution in [0.4, 0.5) is 20.7 Å². The van der Waals surface area contributed by atoms with E-state index in [2.05, 4.69) is 10.3 Å². The number of benzene rings is 1. The summed E-state index contributed by atoms with van der Waals surface area (Å²) in [5.41, 5.74) is 0.700. The van der Waals surface area contributed by atoms with Gasteiger partial charge in [-0.1, -0.05) is 10.3 Å². The molecule has 0 aliphatic carbocycles. The summed E-state index contributed by atoms with van der Waals surface area (Å²) in [6.45, 7) is 5.45. The van der Waals surface area contributed by atoms with Crippen LogP contribution in [0, 0.1) is 10.7 Å². The monoisotopic (exact) mass is 450 g/mol. The van der Waals surface area contributed by atoms with E-state index in [4.69, 9.17) is 23.5 Å². The molecule has 0 saturated carbocycles. The fourth-order valence-corrected chi connectivity index (χ4v) is 4.50. The molecule has 11 nitrogen and oxygen atoms in total. The number of morpholine rings is 1. The summed E-state index contributed by atoms with van der Waals surface area (Å²) in [6.07, 6.45) is -2.37. The molecule has 4 heterocycles. The van der Waals surface area contributed by atoms with E-state index in [1.165, 1.54) is 4.90 Å². The number of nitroso groups, excluding NO2 is 1. The van der Waals surface area contributed by atoms with Crippen molar-refractivity contribution >= 4 is 28.6 Å². The van der Waals surface area contributed by atoms with Gasteiger partial charge in [0.1, 0.15) is 12.6 Å². The molecule has 2 aromatic rings. The van der Waals surface area contributed by atoms with Crippen LogP contribution in [0.15, 0.2) is 15.8 Å². The van der Waals surface area contributed by atoms with Crippen LogP contribution in [0.25, 0.3) is 11.0 Å². The normalized spacial score (nSPS) is 26.8. The molecule has 3 atom stereocenters. The highest BCUT2D eigenvalue weighted by Gasteiger charge is 2.38. The Morgan fingerprint density at radius 1 is 1.19 bits per heavy atom. The van der Waals surface area contributed by atoms with Gasteiger partial charge in [-0.2, -0.15) is 4.91 Å². The van der Waals surface area contributed by atoms with E-state index in [9.17, 15) is 9.70 Å². The van der Waals surface area contributed by atoms with Crippen molar-refractivity contribution in [3.8, 4) is 0 Å². The molecule has 0 N–H and O–H groups in total. The third-order valence-corrected chi connectivity index (χ3v) is 5.71. The minimum absolute atomic E-state index is 0.0554. The van der Waals surface area contributed by atoms with E-state index in [1.54, 1.807) is 6.07 Å². The number of halogens is 1. The van der Waals surface area contributed by atoms with Crippen molar-refractivity contribution in [2.45, 2.75) is 38.4 Å². The lowest BCUT2D eigenvalue weighted by Crippen LogP contribution is -2.46. The maximum absolute atomic E-state index is 15.9. The fourth-order valence-electron chi connectivity index (χ4n) is 4.50. The summed E-state index contributed by atoms with van der Waals surface area (Å²) in [6, 6.07) is 1.68. The predicted octanol–water partition coefficient (Wildman–Crippen LogP) is 2.72. The van der Waals surface area contributed by atoms with Crippen LogP contribution in [-0.4, -0.2) is 69.0 Å². The van der Waals surface area contributed by atoms with E-state index in [0.717, 1.165) is 0 Å². The van der Waals surface area contributed by atoms with Gasteiger partial charge >= 0.3 is 6.09 Å². The molecule has 3 fully saturated rings. The molecule has 0 spiro atoms. The Morgan fingerprint density at radius 2 is 1.91 bits per heavy atom. The Bertz CT molecular complexity index is 1030. The third-order valence-electron chi connectivity index (χ3n) is 5.71. The number of hydrogen-bond donors (Lipinski definition) is 0. The molecule has 0 radical (unpaired) electrons. The van der Waals surface area contributed by atoms with Crippen molar-refractivity contribution in [2.24, 2.45) is 5.18 Å². The number of rotatable bonds is 5. The molecule has 0 bridgehead atoms. The zero-order chi connectivity index (χ0) is 22.4. The highest BCUT2D eigenvalue weighted by molar-refractivity contribution is 6.00. The average Bonchev–Trinajstić information content (AvgIpc) is 3.47. The Morgan fingerprint density at radius 3 is 2.59 bits per heavy atom. The first-order chi connectivity index (χ1) is 15.5. The molecule has 0 unspecified atom stereocenters. The van der Waals surface area contributed by atoms with Crippen molar-refractivity contribution in [2.75, 3.05) is 49.2 Å². The van der Waals surface area contributed by atoms with Gasteiger partial charge in [-0.15, -0.1) is 0 Å². The summed E-state index contributed by atoms with van der Waals surface area (Å²) in [7, 11) is 0. The molecule has 5 rings (SSSR count). The Kier molecular flexibility index (Phi) is 5.43. The molecule has 32 heavy (non-hydrogen) atoms. The van der Waals surface area contributed by atoms with Crippen molar-refractivity contribution in [3.05, 3.63) is 22.4 Å². The molecular weight excluding hydrogens is 427 g/mol. The largest absolute Gasteiger partial charge is 0.442 e. The number of aromatic nitrogens is 1. The zero-order valence-electron chi connectivity index (χ0n) is 17.7. The first kappa shape index (κ1) is 21.0. The van der Waals surface area contributed by atoms with Crippen LogP contribution in [0.5, 0.6) is 0 Å². The Balaban J connectivity index is 1.61. The molecule has 3 aliphatic heterocycles. The van der Waals surface area contributed by atoms with Gasteiger partial charge in [-0.25, -0.2) is 9.18 Å². The molecule has 12 heteroatoms. The average molecular weight is 450 g/mol. The van der Waals surface area contributed by atoms with E-state index in [0.29, 0.717) is 37.6 Å². The number of anilines is 2. The maximum atomic E-state index is 15.9. The van der Waals surface area contributed by atoms with Gasteiger partial charge in [0.15, 0.2) is 17.9 Å². The summed E-state index contributed by atoms with van der Waals surface area (Å²) in [5, 5.41) is 7.01. The lowest BCUT2D eigenvalue weighted by Gasteiger charge is -2.38. The maximum Gasteiger partial charge on any atom is 0.416 e. The molecule has 3 saturated heterocycles. The summed E-state index contributed by atoms with van der Waals surface area (Å²) in [5.74, 6) is -0.512. The van der Waals surface area contributed by atoms with E-state index in [1.807, 2.05) is 18.7 Å². The number of amides is 1. The molecule has 1 aromatic carbocycles. The fraction of sp³-hybridized carbons (Fsp3) is 0.600. The highest BCUT2D eigenvalue weighted by Crippen LogP contribution is 2.42. The highest BCUT2D eigenvalue weighted by atomic mass is 19.1. The van der Waals surface area contributed by atoms with Gasteiger partial charge in [-0.05, 0) is 19.9 Å². The van der Waals surface area contributed by atoms with Gasteiger partial charge in [-0.3, -0.25) is 4.90 Å². The minimum Gasteiger partial charge on any atom is -0.442 e. The number of carbonyl (C=O) groups is 1. The number of carbonyl (C=O) groups excluding carboxylic acids is 1. The summed E-state index contributed by atoms with van der Waals surface area (Å²) < 4.78 is 43.5. The third kappa shape index (κ3) is 3.57. The predicted molar refractivity (Wildman–Crippen MR) is 109 cm³/mol. The topological polar surface area (TPSA) is 116 Å². The van der Waals surface area contributed by atoms with Crippen molar-refractivity contribution in [3.63, 3.8) is 0 Å². The van der Waals surface area contributed by atoms with Gasteiger partial charge in [0.05, 0.1) is 43.0 Å². The van der Waals surface area contributed by atoms with Gasteiger partial charge in [0, 0.05) is 18.7 Å². The second-order valence-corrected chi connectivity index (χ2v) is 8.18. The molecule has 3 aliphatic rings. The van der Waals surface area contributed by atoms with Crippen molar-refractivity contribution < 1.29 is 32.7 Å². The van der Waals surface area contributed by atoms with Crippen LogP contribution >= 0.6 is 0 Å². The SMILES string of the molecule is C[C@@H]1CN(c2c(C3OCCO3)cc3c(N4C[C@H](CN=O)OC4=O)noc3c2F)C[C@@H](C)O1. The van der Waals surface area contributed by atoms with Gasteiger partial charge < -0.3 is 28.4 Å². The Labute approximate surface area is 182 Å². The van der Waals surface area contributed by atoms with E-state index >= 15 is 4.39 Å². The van der Waals surface area contributed by atoms with Crippen LogP contribution in [0.2, 0.25) is 0 Å². The van der Waals surface area contributed by atoms with Crippen LogP contribution in [-0.2, 0) is 18.9 Å². The summed E-state index contributed by atoms with van der Waals surface area (Å²) >= 11 is 0. The number of hydrogen-bond acceptors (Lipinski definition) is 10. The number of nitrogens with zero attached hydrogens (tertiary/aromatic N) is 4. The quantitative estimate of drug-likeness (QED) is 0.634. The zero-order valence-corrected chi connectivity index (χ0v) is 17.7. The molecular formula is C20H23FN4O7. The van der Waals surface area contributed by atoms with Gasteiger partial charge in [0.2, 0.25) is 5.58 Å². The molecule has 1 amide bonds. The van der Waals surface area contributed by atoms with Crippen LogP contribution < -0.4 is 9.80 Å². The molecule has 172 valence electrons. The second-order valence-electron chi connectivity index (χ2n) is 8.18. The lowest BCUT2D eigenvalue weighted by atomic mass is 10.0. The standard InChI is InChI=1S/C20H23FN4O7/c1-10-7-24(8-11(2)30-10)16-13(19-28-3-4-29-19)5-14-17(15(16)21)32-23-18(14)25-9-12(6-22-27)31-20(25)26/h5,10-12,19H,3-4,6-9H2,1-2H3/t10-,11-,12+/m1/s1. The Hall–Kier alpha value is -2.83. The lowest BCUT2D eigenvalue weighted by molar-refractivity contribution is -0.0445. The number of cyclic esters (lactones) is 1. The first-order valence-electron chi connectivity index (χ1n) is 10.5. The number of fused-ring (bicyclic) bond motifs is 1. The number of ether oxygens (including phenoxy) is 4. The van der Waals surface area contributed by atoms with E-state index < -0.39 is 24.3 Å². The first-order valence-corrected chi connectivity index (χ1v) is 10.5.